The monoisotopic (exact) mass is 178 g/mol. The maximum atomic E-state index is 11.7. The van der Waals surface area contributed by atoms with E-state index in [-0.39, 0.29) is 6.61 Å². The quantitative estimate of drug-likeness (QED) is 0.575. The summed E-state index contributed by atoms with van der Waals surface area (Å²) < 4.78 is 16.7. The molecule has 3 heteroatoms. The number of hydrogen-bond acceptors (Lipinski definition) is 2. The second kappa shape index (κ2) is 8.94. The van der Waals surface area contributed by atoms with Crippen molar-refractivity contribution in [2.75, 3.05) is 19.9 Å². The van der Waals surface area contributed by atoms with Crippen LogP contribution in [0.1, 0.15) is 32.6 Å². The van der Waals surface area contributed by atoms with Crippen LogP contribution >= 0.6 is 0 Å². The molecule has 0 aromatic heterocycles. The average molecular weight is 178 g/mol. The minimum absolute atomic E-state index is 0.128. The maximum Gasteiger partial charge on any atom is 0.118 e. The summed E-state index contributed by atoms with van der Waals surface area (Å²) in [6, 6.07) is 0. The summed E-state index contributed by atoms with van der Waals surface area (Å²) in [6.07, 6.45) is 3.65. The highest BCUT2D eigenvalue weighted by atomic mass is 19.1. The van der Waals surface area contributed by atoms with Gasteiger partial charge in [0.05, 0.1) is 6.61 Å². The highest BCUT2D eigenvalue weighted by molar-refractivity contribution is 4.49. The molecule has 0 rings (SSSR count). The van der Waals surface area contributed by atoms with E-state index in [4.69, 9.17) is 9.84 Å². The molecular weight excluding hydrogens is 159 g/mol. The summed E-state index contributed by atoms with van der Waals surface area (Å²) in [5.74, 6) is 0. The van der Waals surface area contributed by atoms with Gasteiger partial charge < -0.3 is 9.84 Å². The van der Waals surface area contributed by atoms with Crippen molar-refractivity contribution >= 4 is 0 Å². The van der Waals surface area contributed by atoms with Gasteiger partial charge in [-0.25, -0.2) is 4.39 Å². The van der Waals surface area contributed by atoms with E-state index in [0.717, 1.165) is 12.8 Å². The molecule has 74 valence electrons. The van der Waals surface area contributed by atoms with E-state index in [1.807, 2.05) is 0 Å². The van der Waals surface area contributed by atoms with Crippen LogP contribution in [0.4, 0.5) is 4.39 Å². The summed E-state index contributed by atoms with van der Waals surface area (Å²) in [6.45, 7) is 2.20. The third-order valence-corrected chi connectivity index (χ3v) is 1.63. The van der Waals surface area contributed by atoms with E-state index >= 15 is 0 Å². The Hall–Kier alpha value is -0.150. The fraction of sp³-hybridized carbons (Fsp3) is 1.00. The Kier molecular flexibility index (Phi) is 8.83. The first-order chi connectivity index (χ1) is 5.81. The Bertz CT molecular complexity index is 88.6. The third-order valence-electron chi connectivity index (χ3n) is 1.63. The third kappa shape index (κ3) is 7.95. The molecule has 0 amide bonds. The molecule has 0 aliphatic heterocycles. The molecule has 0 saturated carbocycles. The van der Waals surface area contributed by atoms with Gasteiger partial charge in [-0.1, -0.05) is 26.2 Å². The van der Waals surface area contributed by atoms with E-state index in [1.165, 1.54) is 12.8 Å². The Labute approximate surface area is 73.7 Å². The summed E-state index contributed by atoms with van der Waals surface area (Å²) in [5.41, 5.74) is 0. The summed E-state index contributed by atoms with van der Waals surface area (Å²) in [4.78, 5) is 0. The van der Waals surface area contributed by atoms with Gasteiger partial charge in [0.2, 0.25) is 0 Å². The van der Waals surface area contributed by atoms with Crippen LogP contribution < -0.4 is 0 Å². The topological polar surface area (TPSA) is 29.5 Å². The Morgan fingerprint density at radius 2 is 2.08 bits per heavy atom. The van der Waals surface area contributed by atoms with Crippen molar-refractivity contribution < 1.29 is 14.2 Å². The number of rotatable bonds is 8. The highest BCUT2D eigenvalue weighted by Crippen LogP contribution is 1.99. The minimum Gasteiger partial charge on any atom is -0.388 e. The van der Waals surface area contributed by atoms with Crippen LogP contribution in [0.5, 0.6) is 0 Å². The fourth-order valence-electron chi connectivity index (χ4n) is 0.895. The van der Waals surface area contributed by atoms with Crippen LogP contribution in [-0.4, -0.2) is 31.1 Å². The molecule has 12 heavy (non-hydrogen) atoms. The maximum absolute atomic E-state index is 11.7. The Morgan fingerprint density at radius 1 is 1.33 bits per heavy atom. The van der Waals surface area contributed by atoms with Crippen molar-refractivity contribution in [2.24, 2.45) is 0 Å². The lowest BCUT2D eigenvalue weighted by Gasteiger charge is -2.06. The molecule has 2 nitrogen and oxygen atoms in total. The molecule has 0 heterocycles. The fourth-order valence-corrected chi connectivity index (χ4v) is 0.895. The first kappa shape index (κ1) is 11.8. The second-order valence-electron chi connectivity index (χ2n) is 2.94. The van der Waals surface area contributed by atoms with Crippen molar-refractivity contribution in [1.29, 1.82) is 0 Å². The van der Waals surface area contributed by atoms with Gasteiger partial charge in [0.25, 0.3) is 0 Å². The van der Waals surface area contributed by atoms with Crippen LogP contribution in [0.3, 0.4) is 0 Å². The molecule has 0 spiro atoms. The molecule has 0 aromatic carbocycles. The number of aliphatic hydroxyl groups is 1. The second-order valence-corrected chi connectivity index (χ2v) is 2.94. The van der Waals surface area contributed by atoms with Gasteiger partial charge >= 0.3 is 0 Å². The van der Waals surface area contributed by atoms with Crippen molar-refractivity contribution in [3.05, 3.63) is 0 Å². The molecule has 0 aromatic rings. The SMILES string of the molecule is CCCCCCOCC(O)CF. The van der Waals surface area contributed by atoms with Crippen molar-refractivity contribution in [2.45, 2.75) is 38.7 Å². The van der Waals surface area contributed by atoms with Gasteiger partial charge in [0, 0.05) is 6.61 Å². The van der Waals surface area contributed by atoms with E-state index < -0.39 is 12.8 Å². The summed E-state index contributed by atoms with van der Waals surface area (Å²) in [7, 11) is 0. The van der Waals surface area contributed by atoms with Crippen LogP contribution in [0.25, 0.3) is 0 Å². The number of alkyl halides is 1. The predicted molar refractivity (Wildman–Crippen MR) is 46.9 cm³/mol. The number of aliphatic hydroxyl groups excluding tert-OH is 1. The number of hydrogen-bond donors (Lipinski definition) is 1. The average Bonchev–Trinajstić information content (AvgIpc) is 2.10. The molecule has 1 unspecified atom stereocenters. The lowest BCUT2D eigenvalue weighted by atomic mass is 10.2. The van der Waals surface area contributed by atoms with Crippen LogP contribution in [-0.2, 0) is 4.74 Å². The Balaban J connectivity index is 2.90. The largest absolute Gasteiger partial charge is 0.388 e. The van der Waals surface area contributed by atoms with Gasteiger partial charge in [-0.15, -0.1) is 0 Å². The first-order valence-corrected chi connectivity index (χ1v) is 4.63. The molecule has 0 aliphatic carbocycles. The zero-order chi connectivity index (χ0) is 9.23. The van der Waals surface area contributed by atoms with Crippen molar-refractivity contribution in [3.8, 4) is 0 Å². The molecule has 0 fully saturated rings. The van der Waals surface area contributed by atoms with Crippen LogP contribution in [0.2, 0.25) is 0 Å². The lowest BCUT2D eigenvalue weighted by molar-refractivity contribution is 0.0229. The minimum atomic E-state index is -0.934. The highest BCUT2D eigenvalue weighted by Gasteiger charge is 2.01. The van der Waals surface area contributed by atoms with Crippen molar-refractivity contribution in [3.63, 3.8) is 0 Å². The van der Waals surface area contributed by atoms with E-state index in [9.17, 15) is 4.39 Å². The number of ether oxygens (including phenoxy) is 1. The molecule has 0 aliphatic rings. The molecule has 0 radical (unpaired) electrons. The lowest BCUT2D eigenvalue weighted by Crippen LogP contribution is -2.17. The number of halogens is 1. The summed E-state index contributed by atoms with van der Waals surface area (Å²) >= 11 is 0. The standard InChI is InChI=1S/C9H19FO2/c1-2-3-4-5-6-12-8-9(11)7-10/h9,11H,2-8H2,1H3. The van der Waals surface area contributed by atoms with Crippen molar-refractivity contribution in [1.82, 2.24) is 0 Å². The molecule has 0 bridgehead atoms. The van der Waals surface area contributed by atoms with Crippen LogP contribution in [0, 0.1) is 0 Å². The molecular formula is C9H19FO2. The molecule has 0 saturated heterocycles. The molecule has 1 atom stereocenters. The first-order valence-electron chi connectivity index (χ1n) is 4.63. The van der Waals surface area contributed by atoms with Crippen LogP contribution in [0.15, 0.2) is 0 Å². The predicted octanol–water partition coefficient (Wildman–Crippen LogP) is 1.91. The normalized spacial score (nSPS) is 13.2. The zero-order valence-electron chi connectivity index (χ0n) is 7.76. The van der Waals surface area contributed by atoms with E-state index in [0.29, 0.717) is 6.61 Å². The van der Waals surface area contributed by atoms with Gasteiger partial charge in [0.15, 0.2) is 0 Å². The van der Waals surface area contributed by atoms with Gasteiger partial charge in [-0.3, -0.25) is 0 Å². The van der Waals surface area contributed by atoms with E-state index in [2.05, 4.69) is 6.92 Å². The Morgan fingerprint density at radius 3 is 2.67 bits per heavy atom. The van der Waals surface area contributed by atoms with E-state index in [1.54, 1.807) is 0 Å². The van der Waals surface area contributed by atoms with Gasteiger partial charge in [-0.05, 0) is 6.42 Å². The smallest absolute Gasteiger partial charge is 0.118 e. The zero-order valence-corrected chi connectivity index (χ0v) is 7.76. The number of unbranched alkanes of at least 4 members (excludes halogenated alkanes) is 3. The van der Waals surface area contributed by atoms with Gasteiger partial charge in [-0.2, -0.15) is 0 Å². The molecule has 1 N–H and O–H groups in total. The summed E-state index contributed by atoms with van der Waals surface area (Å²) in [5, 5.41) is 8.76. The van der Waals surface area contributed by atoms with Gasteiger partial charge in [0.1, 0.15) is 12.8 Å².